The molecule has 0 aliphatic heterocycles. The predicted octanol–water partition coefficient (Wildman–Crippen LogP) is 3.64. The van der Waals surface area contributed by atoms with Gasteiger partial charge in [-0.05, 0) is 62.6 Å². The van der Waals surface area contributed by atoms with E-state index in [9.17, 15) is 23.6 Å². The maximum Gasteiger partial charge on any atom is 0.336 e. The molecule has 0 radical (unpaired) electrons. The fourth-order valence-corrected chi connectivity index (χ4v) is 4.63. The summed E-state index contributed by atoms with van der Waals surface area (Å²) in [5.74, 6) is -0.742. The first-order chi connectivity index (χ1) is 17.6. The van der Waals surface area contributed by atoms with Crippen LogP contribution < -0.4 is 27.4 Å². The number of anilines is 3. The van der Waals surface area contributed by atoms with Crippen molar-refractivity contribution in [2.24, 2.45) is 7.05 Å². The first kappa shape index (κ1) is 24.2. The normalized spacial score (nSPS) is 13.1. The Balaban J connectivity index is 1.90. The predicted molar refractivity (Wildman–Crippen MR) is 141 cm³/mol. The standard InChI is InChI=1S/C27H26FN5O4/c1-14-8-11-21(20(28)12-14)30-24-22-23(15(2)25(35)31(24)4)32(27(37)33(26(22)36)18-9-10-18)19-7-5-6-17(13-19)29-16(3)34/h5-8,11-13,18,30H,9-10H2,1-4H3,(H,29,34). The number of benzene rings is 2. The number of hydrogen-bond acceptors (Lipinski definition) is 5. The van der Waals surface area contributed by atoms with Crippen molar-refractivity contribution in [3.63, 3.8) is 0 Å². The van der Waals surface area contributed by atoms with Crippen LogP contribution in [0, 0.1) is 19.7 Å². The number of nitrogens with one attached hydrogen (secondary N) is 2. The Labute approximate surface area is 210 Å². The molecule has 2 aromatic heterocycles. The molecule has 2 heterocycles. The summed E-state index contributed by atoms with van der Waals surface area (Å²) in [5, 5.41) is 5.73. The van der Waals surface area contributed by atoms with E-state index in [4.69, 9.17) is 0 Å². The van der Waals surface area contributed by atoms with Crippen LogP contribution in [-0.2, 0) is 11.8 Å². The van der Waals surface area contributed by atoms with Crippen LogP contribution in [0.3, 0.4) is 0 Å². The molecular formula is C27H26FN5O4. The molecule has 0 atom stereocenters. The summed E-state index contributed by atoms with van der Waals surface area (Å²) in [6, 6.07) is 10.9. The van der Waals surface area contributed by atoms with E-state index >= 15 is 0 Å². The number of carbonyl (C=O) groups is 1. The van der Waals surface area contributed by atoms with Gasteiger partial charge in [0.25, 0.3) is 11.1 Å². The molecule has 1 fully saturated rings. The molecule has 0 spiro atoms. The molecule has 5 rings (SSSR count). The number of fused-ring (bicyclic) bond motifs is 1. The van der Waals surface area contributed by atoms with Gasteiger partial charge in [0, 0.05) is 31.3 Å². The van der Waals surface area contributed by atoms with Crippen molar-refractivity contribution in [2.75, 3.05) is 10.6 Å². The van der Waals surface area contributed by atoms with Crippen molar-refractivity contribution in [2.45, 2.75) is 39.7 Å². The van der Waals surface area contributed by atoms with Gasteiger partial charge in [-0.15, -0.1) is 0 Å². The molecule has 9 nitrogen and oxygen atoms in total. The van der Waals surface area contributed by atoms with Gasteiger partial charge in [-0.1, -0.05) is 12.1 Å². The highest BCUT2D eigenvalue weighted by molar-refractivity contribution is 5.94. The van der Waals surface area contributed by atoms with Crippen LogP contribution in [-0.4, -0.2) is 19.6 Å². The minimum atomic E-state index is -0.580. The maximum absolute atomic E-state index is 14.8. The molecule has 10 heteroatoms. The second-order valence-electron chi connectivity index (χ2n) is 9.43. The van der Waals surface area contributed by atoms with Crippen LogP contribution >= 0.6 is 0 Å². The smallest absolute Gasteiger partial charge is 0.336 e. The van der Waals surface area contributed by atoms with Crippen LogP contribution in [0.2, 0.25) is 0 Å². The van der Waals surface area contributed by atoms with Gasteiger partial charge in [-0.25, -0.2) is 9.18 Å². The molecule has 2 N–H and O–H groups in total. The summed E-state index contributed by atoms with van der Waals surface area (Å²) >= 11 is 0. The zero-order chi connectivity index (χ0) is 26.6. The van der Waals surface area contributed by atoms with Crippen molar-refractivity contribution < 1.29 is 9.18 Å². The van der Waals surface area contributed by atoms with Crippen molar-refractivity contribution in [3.05, 3.63) is 90.6 Å². The molecule has 1 amide bonds. The number of carbonyl (C=O) groups excluding carboxylic acids is 1. The van der Waals surface area contributed by atoms with Crippen molar-refractivity contribution >= 4 is 34.0 Å². The van der Waals surface area contributed by atoms with E-state index in [2.05, 4.69) is 10.6 Å². The van der Waals surface area contributed by atoms with Crippen LogP contribution in [0.25, 0.3) is 16.6 Å². The number of pyridine rings is 1. The molecule has 0 bridgehead atoms. The molecular weight excluding hydrogens is 477 g/mol. The number of halogens is 1. The second kappa shape index (κ2) is 8.88. The van der Waals surface area contributed by atoms with Gasteiger partial charge in [-0.3, -0.25) is 28.1 Å². The van der Waals surface area contributed by atoms with E-state index in [0.717, 1.165) is 5.56 Å². The highest BCUT2D eigenvalue weighted by atomic mass is 19.1. The first-order valence-electron chi connectivity index (χ1n) is 11.9. The monoisotopic (exact) mass is 503 g/mol. The summed E-state index contributed by atoms with van der Waals surface area (Å²) in [4.78, 5) is 52.6. The van der Waals surface area contributed by atoms with Crippen LogP contribution in [0.1, 0.15) is 36.9 Å². The third kappa shape index (κ3) is 4.14. The minimum Gasteiger partial charge on any atom is -0.338 e. The molecule has 4 aromatic rings. The van der Waals surface area contributed by atoms with Gasteiger partial charge < -0.3 is 10.6 Å². The first-order valence-corrected chi connectivity index (χ1v) is 11.9. The van der Waals surface area contributed by atoms with Gasteiger partial charge >= 0.3 is 5.69 Å². The van der Waals surface area contributed by atoms with Crippen molar-refractivity contribution in [1.82, 2.24) is 13.7 Å². The Bertz CT molecular complexity index is 1780. The highest BCUT2D eigenvalue weighted by Gasteiger charge is 2.31. The number of rotatable bonds is 5. The van der Waals surface area contributed by atoms with E-state index < -0.39 is 22.6 Å². The lowest BCUT2D eigenvalue weighted by molar-refractivity contribution is -0.114. The Morgan fingerprint density at radius 2 is 1.76 bits per heavy atom. The fraction of sp³-hybridized carbons (Fsp3) is 0.259. The Morgan fingerprint density at radius 1 is 1.03 bits per heavy atom. The van der Waals surface area contributed by atoms with Gasteiger partial charge in [0.05, 0.1) is 16.9 Å². The van der Waals surface area contributed by atoms with Crippen LogP contribution in [0.5, 0.6) is 0 Å². The Kier molecular flexibility index (Phi) is 5.82. The average molecular weight is 504 g/mol. The quantitative estimate of drug-likeness (QED) is 0.433. The summed E-state index contributed by atoms with van der Waals surface area (Å²) in [7, 11) is 1.50. The SMILES string of the molecule is CC(=O)Nc1cccc(-n2c(=O)n(C3CC3)c(=O)c3c(Nc4ccc(C)cc4F)n(C)c(=O)c(C)c32)c1. The van der Waals surface area contributed by atoms with Crippen molar-refractivity contribution in [1.29, 1.82) is 0 Å². The average Bonchev–Trinajstić information content (AvgIpc) is 3.67. The lowest BCUT2D eigenvalue weighted by Gasteiger charge is -2.21. The fourth-order valence-electron chi connectivity index (χ4n) is 4.63. The number of amides is 1. The van der Waals surface area contributed by atoms with Crippen LogP contribution in [0.4, 0.5) is 21.6 Å². The summed E-state index contributed by atoms with van der Waals surface area (Å²) in [6.07, 6.45) is 1.35. The lowest BCUT2D eigenvalue weighted by Crippen LogP contribution is -2.41. The van der Waals surface area contributed by atoms with E-state index in [1.54, 1.807) is 44.2 Å². The number of aromatic nitrogens is 3. The minimum absolute atomic E-state index is 0.0829. The van der Waals surface area contributed by atoms with Gasteiger partial charge in [0.2, 0.25) is 5.91 Å². The molecule has 1 aliphatic carbocycles. The molecule has 0 saturated heterocycles. The van der Waals surface area contributed by atoms with Gasteiger partial charge in [0.15, 0.2) is 0 Å². The molecule has 1 saturated carbocycles. The zero-order valence-corrected chi connectivity index (χ0v) is 20.9. The third-order valence-corrected chi connectivity index (χ3v) is 6.56. The Hall–Kier alpha value is -4.47. The van der Waals surface area contributed by atoms with Gasteiger partial charge in [-0.2, -0.15) is 0 Å². The van der Waals surface area contributed by atoms with Gasteiger partial charge in [0.1, 0.15) is 17.0 Å². The summed E-state index contributed by atoms with van der Waals surface area (Å²) in [5.41, 5.74) is 0.379. The third-order valence-electron chi connectivity index (χ3n) is 6.56. The summed E-state index contributed by atoms with van der Waals surface area (Å²) in [6.45, 7) is 4.68. The number of aryl methyl sites for hydroxylation is 2. The molecule has 1 aliphatic rings. The number of nitrogens with zero attached hydrogens (tertiary/aromatic N) is 3. The Morgan fingerprint density at radius 3 is 2.41 bits per heavy atom. The van der Waals surface area contributed by atoms with Crippen molar-refractivity contribution in [3.8, 4) is 5.69 Å². The lowest BCUT2D eigenvalue weighted by atomic mass is 10.1. The molecule has 190 valence electrons. The maximum atomic E-state index is 14.8. The van der Waals surface area contributed by atoms with E-state index in [-0.39, 0.29) is 39.9 Å². The molecule has 37 heavy (non-hydrogen) atoms. The van der Waals surface area contributed by atoms with E-state index in [1.807, 2.05) is 0 Å². The van der Waals surface area contributed by atoms with E-state index in [1.165, 1.54) is 39.8 Å². The topological polar surface area (TPSA) is 107 Å². The number of hydrogen-bond donors (Lipinski definition) is 2. The largest absolute Gasteiger partial charge is 0.338 e. The zero-order valence-electron chi connectivity index (χ0n) is 20.9. The second-order valence-corrected chi connectivity index (χ2v) is 9.43. The van der Waals surface area contributed by atoms with E-state index in [0.29, 0.717) is 24.2 Å². The highest BCUT2D eigenvalue weighted by Crippen LogP contribution is 2.34. The molecule has 2 aromatic carbocycles. The molecule has 0 unspecified atom stereocenters. The van der Waals surface area contributed by atoms with Crippen LogP contribution in [0.15, 0.2) is 56.8 Å². The summed E-state index contributed by atoms with van der Waals surface area (Å²) < 4.78 is 18.6.